The van der Waals surface area contributed by atoms with Crippen molar-refractivity contribution in [3.8, 4) is 5.69 Å². The molecule has 1 unspecified atom stereocenters. The van der Waals surface area contributed by atoms with Crippen molar-refractivity contribution in [3.63, 3.8) is 0 Å². The summed E-state index contributed by atoms with van der Waals surface area (Å²) in [6.45, 7) is 2.24. The van der Waals surface area contributed by atoms with Crippen molar-refractivity contribution in [2.75, 3.05) is 0 Å². The molecule has 7 heteroatoms. The van der Waals surface area contributed by atoms with E-state index in [0.29, 0.717) is 10.8 Å². The number of nitrogens with zero attached hydrogens (tertiary/aromatic N) is 4. The van der Waals surface area contributed by atoms with Crippen molar-refractivity contribution in [1.29, 1.82) is 0 Å². The maximum atomic E-state index is 12.6. The number of nitrogens with one attached hydrogen (secondary N) is 1. The molecule has 128 valence electrons. The van der Waals surface area contributed by atoms with Gasteiger partial charge in [-0.05, 0) is 46.7 Å². The molecule has 0 aliphatic rings. The fraction of sp³-hybridized carbons (Fsp3) is 0.222. The van der Waals surface area contributed by atoms with Crippen molar-refractivity contribution >= 4 is 17.5 Å². The van der Waals surface area contributed by atoms with Gasteiger partial charge < -0.3 is 5.32 Å². The van der Waals surface area contributed by atoms with Crippen molar-refractivity contribution in [1.82, 2.24) is 25.5 Å². The van der Waals surface area contributed by atoms with Crippen LogP contribution in [-0.4, -0.2) is 26.1 Å². The van der Waals surface area contributed by atoms with E-state index in [1.54, 1.807) is 16.8 Å². The summed E-state index contributed by atoms with van der Waals surface area (Å²) in [7, 11) is 0. The minimum atomic E-state index is -0.193. The number of carbonyl (C=O) groups is 1. The summed E-state index contributed by atoms with van der Waals surface area (Å²) in [5.74, 6) is 0.319. The van der Waals surface area contributed by atoms with Crippen molar-refractivity contribution in [2.24, 2.45) is 0 Å². The van der Waals surface area contributed by atoms with Gasteiger partial charge in [0.25, 0.3) is 0 Å². The third-order valence-corrected chi connectivity index (χ3v) is 4.20. The summed E-state index contributed by atoms with van der Waals surface area (Å²) >= 11 is 5.91. The van der Waals surface area contributed by atoms with Gasteiger partial charge in [-0.1, -0.05) is 48.9 Å². The van der Waals surface area contributed by atoms with Crippen molar-refractivity contribution in [2.45, 2.75) is 25.8 Å². The van der Waals surface area contributed by atoms with E-state index < -0.39 is 0 Å². The van der Waals surface area contributed by atoms with Crippen LogP contribution in [0.3, 0.4) is 0 Å². The highest BCUT2D eigenvalue weighted by atomic mass is 35.5. The molecule has 2 aromatic carbocycles. The fourth-order valence-corrected chi connectivity index (χ4v) is 2.77. The van der Waals surface area contributed by atoms with E-state index in [2.05, 4.69) is 20.8 Å². The highest BCUT2D eigenvalue weighted by Crippen LogP contribution is 2.19. The topological polar surface area (TPSA) is 72.7 Å². The molecule has 1 amide bonds. The van der Waals surface area contributed by atoms with Gasteiger partial charge in [-0.2, -0.15) is 4.68 Å². The van der Waals surface area contributed by atoms with Gasteiger partial charge in [0.1, 0.15) is 0 Å². The lowest BCUT2D eigenvalue weighted by molar-refractivity contribution is -0.122. The summed E-state index contributed by atoms with van der Waals surface area (Å²) in [6, 6.07) is 16.9. The van der Waals surface area contributed by atoms with Crippen molar-refractivity contribution in [3.05, 3.63) is 71.0 Å². The number of rotatable bonds is 6. The van der Waals surface area contributed by atoms with E-state index in [1.807, 2.05) is 49.4 Å². The second kappa shape index (κ2) is 7.90. The lowest BCUT2D eigenvalue weighted by Gasteiger charge is -2.15. The van der Waals surface area contributed by atoms with Gasteiger partial charge in [0.2, 0.25) is 5.91 Å². The molecule has 6 nitrogen and oxygen atoms in total. The van der Waals surface area contributed by atoms with Crippen LogP contribution in [0.5, 0.6) is 0 Å². The number of aromatic nitrogens is 4. The minimum absolute atomic E-state index is 0.0423. The smallest absolute Gasteiger partial charge is 0.227 e. The molecule has 0 saturated carbocycles. The first-order valence-corrected chi connectivity index (χ1v) is 8.42. The predicted octanol–water partition coefficient (Wildman–Crippen LogP) is 3.13. The molecular weight excluding hydrogens is 338 g/mol. The zero-order chi connectivity index (χ0) is 17.6. The molecule has 0 spiro atoms. The zero-order valence-corrected chi connectivity index (χ0v) is 14.5. The first-order valence-electron chi connectivity index (χ1n) is 8.05. The normalized spacial score (nSPS) is 11.9. The molecule has 3 aromatic rings. The molecule has 1 N–H and O–H groups in total. The Hall–Kier alpha value is -2.73. The lowest BCUT2D eigenvalue weighted by atomic mass is 9.96. The number of halogens is 1. The number of hydrogen-bond donors (Lipinski definition) is 1. The van der Waals surface area contributed by atoms with Gasteiger partial charge in [0.05, 0.1) is 18.2 Å². The Morgan fingerprint density at radius 2 is 1.88 bits per heavy atom. The third-order valence-electron chi connectivity index (χ3n) is 3.95. The van der Waals surface area contributed by atoms with Gasteiger partial charge in [-0.25, -0.2) is 0 Å². The Morgan fingerprint density at radius 1 is 1.16 bits per heavy atom. The van der Waals surface area contributed by atoms with E-state index >= 15 is 0 Å². The average molecular weight is 356 g/mol. The van der Waals surface area contributed by atoms with Crippen LogP contribution in [0.15, 0.2) is 54.6 Å². The first kappa shape index (κ1) is 17.1. The van der Waals surface area contributed by atoms with Crippen LogP contribution in [0.2, 0.25) is 5.02 Å². The summed E-state index contributed by atoms with van der Waals surface area (Å²) in [6.07, 6.45) is 0.720. The Morgan fingerprint density at radius 3 is 2.56 bits per heavy atom. The van der Waals surface area contributed by atoms with Crippen LogP contribution in [-0.2, 0) is 11.3 Å². The fourth-order valence-electron chi connectivity index (χ4n) is 2.65. The number of carbonyl (C=O) groups excluding carboxylic acids is 1. The largest absolute Gasteiger partial charge is 0.348 e. The van der Waals surface area contributed by atoms with E-state index in [9.17, 15) is 4.79 Å². The summed E-state index contributed by atoms with van der Waals surface area (Å²) in [5, 5.41) is 15.2. The van der Waals surface area contributed by atoms with E-state index in [-0.39, 0.29) is 18.4 Å². The average Bonchev–Trinajstić information content (AvgIpc) is 3.11. The summed E-state index contributed by atoms with van der Waals surface area (Å²) < 4.78 is 1.58. The molecule has 0 radical (unpaired) electrons. The number of benzene rings is 2. The Labute approximate surface area is 150 Å². The summed E-state index contributed by atoms with van der Waals surface area (Å²) in [4.78, 5) is 12.6. The predicted molar refractivity (Wildman–Crippen MR) is 95.5 cm³/mol. The van der Waals surface area contributed by atoms with E-state index in [0.717, 1.165) is 17.7 Å². The number of hydrogen-bond acceptors (Lipinski definition) is 4. The first-order chi connectivity index (χ1) is 12.2. The van der Waals surface area contributed by atoms with Crippen LogP contribution in [0.25, 0.3) is 5.69 Å². The maximum Gasteiger partial charge on any atom is 0.227 e. The molecule has 0 fully saturated rings. The minimum Gasteiger partial charge on any atom is -0.348 e. The monoisotopic (exact) mass is 355 g/mol. The molecule has 1 heterocycles. The molecule has 0 bridgehead atoms. The summed E-state index contributed by atoms with van der Waals surface area (Å²) in [5.41, 5.74) is 1.79. The standard InChI is InChI=1S/C18H18ClN5O/c1-2-16(13-6-4-3-5-7-13)18(25)20-12-17-21-22-23-24(17)15-10-8-14(19)9-11-15/h3-11,16H,2,12H2,1H3,(H,20,25). The molecule has 0 aliphatic heterocycles. The third kappa shape index (κ3) is 4.03. The molecule has 0 aliphatic carbocycles. The molecule has 0 saturated heterocycles. The highest BCUT2D eigenvalue weighted by Gasteiger charge is 2.19. The van der Waals surface area contributed by atoms with E-state index in [1.165, 1.54) is 0 Å². The lowest BCUT2D eigenvalue weighted by Crippen LogP contribution is -2.29. The van der Waals surface area contributed by atoms with Gasteiger partial charge in [-0.3, -0.25) is 4.79 Å². The van der Waals surface area contributed by atoms with Crippen LogP contribution >= 0.6 is 11.6 Å². The highest BCUT2D eigenvalue weighted by molar-refractivity contribution is 6.30. The van der Waals surface area contributed by atoms with Crippen LogP contribution < -0.4 is 5.32 Å². The van der Waals surface area contributed by atoms with Gasteiger partial charge in [0, 0.05) is 5.02 Å². The SMILES string of the molecule is CCC(C(=O)NCc1nnnn1-c1ccc(Cl)cc1)c1ccccc1. The second-order valence-electron chi connectivity index (χ2n) is 5.57. The van der Waals surface area contributed by atoms with Crippen molar-refractivity contribution < 1.29 is 4.79 Å². The van der Waals surface area contributed by atoms with Gasteiger partial charge in [0.15, 0.2) is 5.82 Å². The Balaban J connectivity index is 1.71. The van der Waals surface area contributed by atoms with Crippen LogP contribution in [0.4, 0.5) is 0 Å². The second-order valence-corrected chi connectivity index (χ2v) is 6.01. The quantitative estimate of drug-likeness (QED) is 0.737. The van der Waals surface area contributed by atoms with E-state index in [4.69, 9.17) is 11.6 Å². The molecule has 3 rings (SSSR count). The number of amides is 1. The van der Waals surface area contributed by atoms with Gasteiger partial charge in [-0.15, -0.1) is 5.10 Å². The Kier molecular flexibility index (Phi) is 5.40. The Bertz CT molecular complexity index is 832. The van der Waals surface area contributed by atoms with Crippen LogP contribution in [0.1, 0.15) is 30.7 Å². The maximum absolute atomic E-state index is 12.6. The number of tetrazole rings is 1. The zero-order valence-electron chi connectivity index (χ0n) is 13.8. The van der Waals surface area contributed by atoms with Crippen LogP contribution in [0, 0.1) is 0 Å². The molecule has 1 aromatic heterocycles. The van der Waals surface area contributed by atoms with Gasteiger partial charge >= 0.3 is 0 Å². The molecule has 1 atom stereocenters. The molecule has 25 heavy (non-hydrogen) atoms. The molecular formula is C18H18ClN5O.